The molecule has 5 heteroatoms. The zero-order chi connectivity index (χ0) is 16.1. The number of hydrogen-bond donors (Lipinski definition) is 1. The van der Waals surface area contributed by atoms with Crippen molar-refractivity contribution in [3.05, 3.63) is 65.9 Å². The predicted octanol–water partition coefficient (Wildman–Crippen LogP) is 3.83. The maximum absolute atomic E-state index is 9.23. The molecule has 0 aliphatic carbocycles. The lowest BCUT2D eigenvalue weighted by molar-refractivity contribution is 0.415. The Kier molecular flexibility index (Phi) is 4.25. The summed E-state index contributed by atoms with van der Waals surface area (Å²) in [6.45, 7) is 0.562. The molecule has 0 amide bonds. The molecule has 0 fully saturated rings. The first-order chi connectivity index (χ1) is 11.3. The molecule has 1 N–H and O–H groups in total. The molecule has 114 valence electrons. The highest BCUT2D eigenvalue weighted by Gasteiger charge is 2.14. The summed E-state index contributed by atoms with van der Waals surface area (Å²) in [4.78, 5) is 4.24. The number of benzene rings is 2. The summed E-state index contributed by atoms with van der Waals surface area (Å²) in [5.74, 6) is 1.53. The molecular weight excluding hydrogens is 290 g/mol. The Morgan fingerprint density at radius 1 is 1.13 bits per heavy atom. The number of rotatable bonds is 5. The maximum Gasteiger partial charge on any atom is 0.232 e. The first kappa shape index (κ1) is 14.7. The van der Waals surface area contributed by atoms with Crippen LogP contribution in [0.2, 0.25) is 0 Å². The fraction of sp³-hybridized carbons (Fsp3) is 0.111. The number of methoxy groups -OCH3 is 1. The second-order valence-electron chi connectivity index (χ2n) is 4.88. The lowest BCUT2D eigenvalue weighted by Crippen LogP contribution is -1.99. The van der Waals surface area contributed by atoms with Gasteiger partial charge in [0, 0.05) is 12.1 Å². The topological polar surface area (TPSA) is 71.1 Å². The van der Waals surface area contributed by atoms with E-state index in [2.05, 4.69) is 16.4 Å². The Hall–Kier alpha value is -3.26. The highest BCUT2D eigenvalue weighted by molar-refractivity contribution is 5.59. The van der Waals surface area contributed by atoms with Gasteiger partial charge < -0.3 is 14.5 Å². The van der Waals surface area contributed by atoms with E-state index in [9.17, 15) is 5.26 Å². The van der Waals surface area contributed by atoms with E-state index in [0.29, 0.717) is 18.3 Å². The Bertz CT molecular complexity index is 818. The molecule has 0 aliphatic heterocycles. The van der Waals surface area contributed by atoms with E-state index in [0.717, 1.165) is 16.9 Å². The minimum atomic E-state index is 0.242. The fourth-order valence-electron chi connectivity index (χ4n) is 2.15. The summed E-state index contributed by atoms with van der Waals surface area (Å²) in [6.07, 6.45) is 0. The number of ether oxygens (including phenoxy) is 1. The van der Waals surface area contributed by atoms with E-state index < -0.39 is 0 Å². The van der Waals surface area contributed by atoms with E-state index in [1.54, 1.807) is 7.11 Å². The van der Waals surface area contributed by atoms with Crippen LogP contribution in [-0.4, -0.2) is 12.1 Å². The second kappa shape index (κ2) is 6.67. The molecule has 2 aromatic carbocycles. The molecule has 5 nitrogen and oxygen atoms in total. The summed E-state index contributed by atoms with van der Waals surface area (Å²) >= 11 is 0. The fourth-order valence-corrected chi connectivity index (χ4v) is 2.15. The van der Waals surface area contributed by atoms with Crippen LogP contribution < -0.4 is 10.1 Å². The van der Waals surface area contributed by atoms with E-state index in [1.165, 1.54) is 0 Å². The first-order valence-corrected chi connectivity index (χ1v) is 7.13. The van der Waals surface area contributed by atoms with Gasteiger partial charge in [-0.25, -0.2) is 0 Å². The van der Waals surface area contributed by atoms with Gasteiger partial charge in [0.1, 0.15) is 11.8 Å². The Labute approximate surface area is 134 Å². The summed E-state index contributed by atoms with van der Waals surface area (Å²) < 4.78 is 10.8. The molecule has 0 radical (unpaired) electrons. The van der Waals surface area contributed by atoms with Crippen molar-refractivity contribution in [2.24, 2.45) is 0 Å². The third-order valence-electron chi connectivity index (χ3n) is 3.37. The van der Waals surface area contributed by atoms with Crippen molar-refractivity contribution < 1.29 is 9.15 Å². The average Bonchev–Trinajstić information content (AvgIpc) is 3.04. The van der Waals surface area contributed by atoms with Crippen LogP contribution in [0.15, 0.2) is 59.0 Å². The summed E-state index contributed by atoms with van der Waals surface area (Å²) in [7, 11) is 1.61. The smallest absolute Gasteiger partial charge is 0.232 e. The van der Waals surface area contributed by atoms with Gasteiger partial charge in [-0.15, -0.1) is 0 Å². The minimum absolute atomic E-state index is 0.242. The Morgan fingerprint density at radius 2 is 1.87 bits per heavy atom. The van der Waals surface area contributed by atoms with E-state index >= 15 is 0 Å². The third kappa shape index (κ3) is 3.33. The van der Waals surface area contributed by atoms with Crippen LogP contribution in [0.1, 0.15) is 11.3 Å². The number of nitriles is 1. The van der Waals surface area contributed by atoms with Gasteiger partial charge in [0.15, 0.2) is 0 Å². The van der Waals surface area contributed by atoms with Gasteiger partial charge in [-0.1, -0.05) is 30.3 Å². The van der Waals surface area contributed by atoms with Gasteiger partial charge in [0.25, 0.3) is 0 Å². The van der Waals surface area contributed by atoms with Crippen LogP contribution >= 0.6 is 0 Å². The zero-order valence-corrected chi connectivity index (χ0v) is 12.6. The molecule has 0 saturated heterocycles. The molecule has 0 atom stereocenters. The van der Waals surface area contributed by atoms with Gasteiger partial charge in [-0.3, -0.25) is 0 Å². The van der Waals surface area contributed by atoms with E-state index in [-0.39, 0.29) is 5.69 Å². The Morgan fingerprint density at radius 3 is 2.52 bits per heavy atom. The normalized spacial score (nSPS) is 10.1. The molecule has 0 aliphatic rings. The molecule has 23 heavy (non-hydrogen) atoms. The monoisotopic (exact) mass is 305 g/mol. The number of anilines is 1. The quantitative estimate of drug-likeness (QED) is 0.775. The van der Waals surface area contributed by atoms with E-state index in [4.69, 9.17) is 9.15 Å². The van der Waals surface area contributed by atoms with Gasteiger partial charge in [0.05, 0.1) is 7.11 Å². The number of nitrogens with one attached hydrogen (secondary N) is 1. The van der Waals surface area contributed by atoms with Gasteiger partial charge in [-0.05, 0) is 29.8 Å². The molecule has 3 rings (SSSR count). The summed E-state index contributed by atoms with van der Waals surface area (Å²) in [5, 5.41) is 12.3. The lowest BCUT2D eigenvalue weighted by atomic mass is 10.2. The van der Waals surface area contributed by atoms with Crippen molar-refractivity contribution in [2.45, 2.75) is 6.54 Å². The molecule has 0 spiro atoms. The van der Waals surface area contributed by atoms with Crippen LogP contribution in [0.25, 0.3) is 11.5 Å². The number of hydrogen-bond acceptors (Lipinski definition) is 5. The summed E-state index contributed by atoms with van der Waals surface area (Å²) in [5.41, 5.74) is 2.13. The molecule has 0 bridgehead atoms. The average molecular weight is 305 g/mol. The van der Waals surface area contributed by atoms with Crippen LogP contribution in [0.4, 0.5) is 5.88 Å². The second-order valence-corrected chi connectivity index (χ2v) is 4.88. The predicted molar refractivity (Wildman–Crippen MR) is 87.0 cm³/mol. The zero-order valence-electron chi connectivity index (χ0n) is 12.6. The lowest BCUT2D eigenvalue weighted by Gasteiger charge is -2.03. The first-order valence-electron chi connectivity index (χ1n) is 7.13. The van der Waals surface area contributed by atoms with E-state index in [1.807, 2.05) is 54.6 Å². The minimum Gasteiger partial charge on any atom is -0.497 e. The maximum atomic E-state index is 9.23. The SMILES string of the molecule is COc1ccc(-c2nc(C#N)c(NCc3ccccc3)o2)cc1. The third-order valence-corrected chi connectivity index (χ3v) is 3.37. The molecule has 1 aromatic heterocycles. The Balaban J connectivity index is 1.81. The highest BCUT2D eigenvalue weighted by atomic mass is 16.5. The van der Waals surface area contributed by atoms with Gasteiger partial charge >= 0.3 is 0 Å². The number of oxazole rings is 1. The standard InChI is InChI=1S/C18H15N3O2/c1-22-15-9-7-14(8-10-15)17-21-16(11-19)18(23-17)20-12-13-5-3-2-4-6-13/h2-10,20H,12H2,1H3. The molecule has 1 heterocycles. The van der Waals surface area contributed by atoms with Crippen molar-refractivity contribution in [2.75, 3.05) is 12.4 Å². The number of aromatic nitrogens is 1. The number of nitrogens with zero attached hydrogens (tertiary/aromatic N) is 2. The molecule has 3 aromatic rings. The van der Waals surface area contributed by atoms with Crippen molar-refractivity contribution in [3.63, 3.8) is 0 Å². The van der Waals surface area contributed by atoms with Gasteiger partial charge in [0.2, 0.25) is 17.5 Å². The summed E-state index contributed by atoms with van der Waals surface area (Å²) in [6, 6.07) is 19.3. The van der Waals surface area contributed by atoms with Crippen molar-refractivity contribution in [1.82, 2.24) is 4.98 Å². The van der Waals surface area contributed by atoms with Crippen LogP contribution in [0, 0.1) is 11.3 Å². The molecule has 0 unspecified atom stereocenters. The van der Waals surface area contributed by atoms with Crippen LogP contribution in [0.3, 0.4) is 0 Å². The van der Waals surface area contributed by atoms with Crippen molar-refractivity contribution >= 4 is 5.88 Å². The van der Waals surface area contributed by atoms with Crippen LogP contribution in [-0.2, 0) is 6.54 Å². The largest absolute Gasteiger partial charge is 0.497 e. The highest BCUT2D eigenvalue weighted by Crippen LogP contribution is 2.27. The van der Waals surface area contributed by atoms with Crippen molar-refractivity contribution in [1.29, 1.82) is 5.26 Å². The van der Waals surface area contributed by atoms with Crippen LogP contribution in [0.5, 0.6) is 5.75 Å². The molecule has 0 saturated carbocycles. The van der Waals surface area contributed by atoms with Gasteiger partial charge in [-0.2, -0.15) is 10.2 Å². The van der Waals surface area contributed by atoms with Crippen molar-refractivity contribution in [3.8, 4) is 23.3 Å². The molecular formula is C18H15N3O2.